The van der Waals surface area contributed by atoms with Gasteiger partial charge in [-0.2, -0.15) is 0 Å². The van der Waals surface area contributed by atoms with E-state index in [9.17, 15) is 9.18 Å². The van der Waals surface area contributed by atoms with Crippen molar-refractivity contribution in [3.63, 3.8) is 0 Å². The van der Waals surface area contributed by atoms with E-state index in [1.807, 2.05) is 6.92 Å². The van der Waals surface area contributed by atoms with Crippen molar-refractivity contribution in [3.05, 3.63) is 34.2 Å². The summed E-state index contributed by atoms with van der Waals surface area (Å²) in [4.78, 5) is 17.1. The van der Waals surface area contributed by atoms with E-state index in [2.05, 4.69) is 4.98 Å². The second-order valence-electron chi connectivity index (χ2n) is 5.37. The molecule has 1 aromatic heterocycles. The van der Waals surface area contributed by atoms with Crippen LogP contribution >= 0.6 is 11.6 Å². The van der Waals surface area contributed by atoms with Gasteiger partial charge in [0.15, 0.2) is 0 Å². The van der Waals surface area contributed by atoms with E-state index in [1.54, 1.807) is 11.0 Å². The number of amides is 1. The van der Waals surface area contributed by atoms with Crippen LogP contribution in [0.15, 0.2) is 12.1 Å². The molecule has 1 aromatic carbocycles. The van der Waals surface area contributed by atoms with Crippen LogP contribution < -0.4 is 0 Å². The van der Waals surface area contributed by atoms with Crippen LogP contribution in [0.2, 0.25) is 5.02 Å². The smallest absolute Gasteiger partial charge is 0.249 e. The first-order valence-corrected chi connectivity index (χ1v) is 7.16. The largest absolute Gasteiger partial charge is 0.375 e. The summed E-state index contributed by atoms with van der Waals surface area (Å²) in [6, 6.07) is 3.13. The highest BCUT2D eigenvalue weighted by molar-refractivity contribution is 6.35. The number of nitrogens with one attached hydrogen (secondary N) is 1. The Bertz CT molecular complexity index is 713. The molecular formula is C15H16ClFN2O2. The third-order valence-corrected chi connectivity index (χ3v) is 4.38. The Labute approximate surface area is 126 Å². The van der Waals surface area contributed by atoms with E-state index >= 15 is 0 Å². The zero-order valence-electron chi connectivity index (χ0n) is 11.9. The number of rotatable bonds is 2. The van der Waals surface area contributed by atoms with E-state index in [-0.39, 0.29) is 23.6 Å². The van der Waals surface area contributed by atoms with Gasteiger partial charge in [0.25, 0.3) is 0 Å². The Kier molecular flexibility index (Phi) is 3.63. The molecular weight excluding hydrogens is 295 g/mol. The number of benzene rings is 1. The Hall–Kier alpha value is -1.59. The molecule has 3 rings (SSSR count). The predicted molar refractivity (Wildman–Crippen MR) is 78.9 cm³/mol. The number of hydrogen-bond donors (Lipinski definition) is 1. The third kappa shape index (κ3) is 2.30. The highest BCUT2D eigenvalue weighted by Crippen LogP contribution is 2.34. The Morgan fingerprint density at radius 3 is 3.05 bits per heavy atom. The standard InChI is InChI=1S/C15H16ClFN2O2/c1-8-5-12-10(6-19(8)13(20)7-21-2)9-3-4-11(17)14(16)15(9)18-12/h3-4,8,18H,5-7H2,1-2H3/t8-/m1/s1. The lowest BCUT2D eigenvalue weighted by Crippen LogP contribution is -2.44. The van der Waals surface area contributed by atoms with Crippen LogP contribution in [0.4, 0.5) is 4.39 Å². The number of fused-ring (bicyclic) bond motifs is 3. The van der Waals surface area contributed by atoms with E-state index in [4.69, 9.17) is 16.3 Å². The Morgan fingerprint density at radius 2 is 2.33 bits per heavy atom. The van der Waals surface area contributed by atoms with Gasteiger partial charge < -0.3 is 14.6 Å². The summed E-state index contributed by atoms with van der Waals surface area (Å²) < 4.78 is 18.5. The quantitative estimate of drug-likeness (QED) is 0.927. The van der Waals surface area contributed by atoms with Crippen LogP contribution in [0.1, 0.15) is 18.2 Å². The molecule has 0 saturated carbocycles. The van der Waals surface area contributed by atoms with E-state index < -0.39 is 5.82 Å². The van der Waals surface area contributed by atoms with Crippen LogP contribution in [0.25, 0.3) is 10.9 Å². The van der Waals surface area contributed by atoms with Gasteiger partial charge in [-0.25, -0.2) is 4.39 Å². The number of hydrogen-bond acceptors (Lipinski definition) is 2. The minimum Gasteiger partial charge on any atom is -0.375 e. The molecule has 0 saturated heterocycles. The maximum absolute atomic E-state index is 13.6. The summed E-state index contributed by atoms with van der Waals surface area (Å²) in [6.45, 7) is 2.54. The second kappa shape index (κ2) is 5.31. The molecule has 1 atom stereocenters. The zero-order chi connectivity index (χ0) is 15.1. The van der Waals surface area contributed by atoms with Crippen molar-refractivity contribution < 1.29 is 13.9 Å². The molecule has 0 unspecified atom stereocenters. The normalized spacial score (nSPS) is 18.1. The summed E-state index contributed by atoms with van der Waals surface area (Å²) in [5.41, 5.74) is 2.64. The predicted octanol–water partition coefficient (Wildman–Crippen LogP) is 2.88. The fourth-order valence-corrected chi connectivity index (χ4v) is 3.15. The number of halogens is 2. The number of carbonyl (C=O) groups is 1. The minimum absolute atomic E-state index is 0.0433. The van der Waals surface area contributed by atoms with Gasteiger partial charge in [-0.15, -0.1) is 0 Å². The van der Waals surface area contributed by atoms with E-state index in [0.717, 1.165) is 16.6 Å². The molecule has 1 aliphatic heterocycles. The van der Waals surface area contributed by atoms with E-state index in [0.29, 0.717) is 18.5 Å². The number of aromatic nitrogens is 1. The average Bonchev–Trinajstić information content (AvgIpc) is 2.80. The number of aromatic amines is 1. The third-order valence-electron chi connectivity index (χ3n) is 4.01. The van der Waals surface area contributed by atoms with Crippen molar-refractivity contribution >= 4 is 28.4 Å². The lowest BCUT2D eigenvalue weighted by molar-refractivity contribution is -0.138. The van der Waals surface area contributed by atoms with Crippen LogP contribution in [-0.4, -0.2) is 35.5 Å². The lowest BCUT2D eigenvalue weighted by Gasteiger charge is -2.33. The monoisotopic (exact) mass is 310 g/mol. The lowest BCUT2D eigenvalue weighted by atomic mass is 9.99. The minimum atomic E-state index is -0.442. The van der Waals surface area contributed by atoms with Crippen LogP contribution in [-0.2, 0) is 22.5 Å². The van der Waals surface area contributed by atoms with Crippen molar-refractivity contribution in [1.29, 1.82) is 0 Å². The number of ether oxygens (including phenoxy) is 1. The fraction of sp³-hybridized carbons (Fsp3) is 0.400. The molecule has 0 radical (unpaired) electrons. The van der Waals surface area contributed by atoms with Gasteiger partial charge in [0, 0.05) is 42.8 Å². The first-order valence-electron chi connectivity index (χ1n) is 6.78. The van der Waals surface area contributed by atoms with Crippen molar-refractivity contribution in [2.45, 2.75) is 25.9 Å². The average molecular weight is 311 g/mol. The molecule has 0 spiro atoms. The molecule has 1 N–H and O–H groups in total. The summed E-state index contributed by atoms with van der Waals surface area (Å²) in [7, 11) is 1.51. The van der Waals surface area contributed by atoms with Gasteiger partial charge in [0.1, 0.15) is 17.4 Å². The maximum Gasteiger partial charge on any atom is 0.249 e. The van der Waals surface area contributed by atoms with Crippen molar-refractivity contribution in [3.8, 4) is 0 Å². The van der Waals surface area contributed by atoms with Gasteiger partial charge >= 0.3 is 0 Å². The first kappa shape index (κ1) is 14.4. The first-order chi connectivity index (χ1) is 10.0. The molecule has 4 nitrogen and oxygen atoms in total. The zero-order valence-corrected chi connectivity index (χ0v) is 12.6. The SMILES string of the molecule is COCC(=O)N1Cc2c([nH]c3c(Cl)c(F)ccc23)C[C@H]1C. The molecule has 6 heteroatoms. The van der Waals surface area contributed by atoms with Crippen LogP contribution in [0.3, 0.4) is 0 Å². The van der Waals surface area contributed by atoms with Crippen molar-refractivity contribution in [2.24, 2.45) is 0 Å². The van der Waals surface area contributed by atoms with Crippen LogP contribution in [0, 0.1) is 5.82 Å². The number of carbonyl (C=O) groups excluding carboxylic acids is 1. The summed E-state index contributed by atoms with van der Waals surface area (Å²) >= 11 is 6.02. The summed E-state index contributed by atoms with van der Waals surface area (Å²) in [5.74, 6) is -0.485. The van der Waals surface area contributed by atoms with Gasteiger partial charge in [-0.05, 0) is 19.1 Å². The molecule has 21 heavy (non-hydrogen) atoms. The molecule has 0 bridgehead atoms. The Balaban J connectivity index is 2.05. The summed E-state index contributed by atoms with van der Waals surface area (Å²) in [5, 5.41) is 0.975. The van der Waals surface area contributed by atoms with Crippen molar-refractivity contribution in [1.82, 2.24) is 9.88 Å². The van der Waals surface area contributed by atoms with Crippen molar-refractivity contribution in [2.75, 3.05) is 13.7 Å². The van der Waals surface area contributed by atoms with Gasteiger partial charge in [0.2, 0.25) is 5.91 Å². The number of nitrogens with zero attached hydrogens (tertiary/aromatic N) is 1. The molecule has 2 heterocycles. The van der Waals surface area contributed by atoms with Gasteiger partial charge in [0.05, 0.1) is 5.52 Å². The number of H-pyrrole nitrogens is 1. The Morgan fingerprint density at radius 1 is 1.57 bits per heavy atom. The molecule has 112 valence electrons. The highest BCUT2D eigenvalue weighted by Gasteiger charge is 2.29. The highest BCUT2D eigenvalue weighted by atomic mass is 35.5. The topological polar surface area (TPSA) is 45.3 Å². The van der Waals surface area contributed by atoms with Crippen LogP contribution in [0.5, 0.6) is 0 Å². The van der Waals surface area contributed by atoms with E-state index in [1.165, 1.54) is 13.2 Å². The maximum atomic E-state index is 13.6. The molecule has 2 aromatic rings. The molecule has 1 amide bonds. The summed E-state index contributed by atoms with van der Waals surface area (Å²) in [6.07, 6.45) is 0.692. The number of methoxy groups -OCH3 is 1. The fourth-order valence-electron chi connectivity index (χ4n) is 2.94. The molecule has 1 aliphatic rings. The van der Waals surface area contributed by atoms with Gasteiger partial charge in [-0.3, -0.25) is 4.79 Å². The second-order valence-corrected chi connectivity index (χ2v) is 5.75. The van der Waals surface area contributed by atoms with Gasteiger partial charge in [-0.1, -0.05) is 11.6 Å². The molecule has 0 aliphatic carbocycles. The molecule has 0 fully saturated rings.